The molecule has 0 spiro atoms. The van der Waals surface area contributed by atoms with Crippen molar-refractivity contribution in [2.24, 2.45) is 0 Å². The van der Waals surface area contributed by atoms with Crippen LogP contribution in [0.1, 0.15) is 16.2 Å². The first kappa shape index (κ1) is 11.0. The molecule has 2 heterocycles. The smallest absolute Gasteiger partial charge is 0.304 e. The molecule has 2 N–H and O–H groups in total. The second-order valence-corrected chi connectivity index (χ2v) is 4.17. The first-order valence-electron chi connectivity index (χ1n) is 4.35. The van der Waals surface area contributed by atoms with Crippen LogP contribution in [0.15, 0.2) is 26.7 Å². The van der Waals surface area contributed by atoms with Crippen LogP contribution < -0.4 is 10.2 Å². The highest BCUT2D eigenvalue weighted by Crippen LogP contribution is 2.12. The van der Waals surface area contributed by atoms with Crippen LogP contribution in [-0.4, -0.2) is 10.9 Å². The highest BCUT2D eigenvalue weighted by Gasteiger charge is 2.10. The Hall–Kier alpha value is -1.53. The van der Waals surface area contributed by atoms with Gasteiger partial charge < -0.3 is 14.7 Å². The van der Waals surface area contributed by atoms with E-state index in [1.54, 1.807) is 5.38 Å². The minimum Gasteiger partial charge on any atom is -0.440 e. The third-order valence-electron chi connectivity index (χ3n) is 1.81. The summed E-state index contributed by atoms with van der Waals surface area (Å²) in [5.41, 5.74) is 0.654. The zero-order valence-electron chi connectivity index (χ0n) is 7.95. The Balaban J connectivity index is 1.96. The molecule has 0 radical (unpaired) electrons. The Morgan fingerprint density at radius 2 is 2.38 bits per heavy atom. The van der Waals surface area contributed by atoms with Crippen molar-refractivity contribution in [1.82, 2.24) is 10.3 Å². The number of aromatic nitrogens is 1. The average Bonchev–Trinajstić information content (AvgIpc) is 2.84. The van der Waals surface area contributed by atoms with E-state index >= 15 is 0 Å². The molecular formula is C9H7ClN2O3S. The van der Waals surface area contributed by atoms with Gasteiger partial charge in [0.25, 0.3) is 5.91 Å². The lowest BCUT2D eigenvalue weighted by atomic mass is 10.4. The average molecular weight is 259 g/mol. The van der Waals surface area contributed by atoms with Crippen molar-refractivity contribution in [3.8, 4) is 0 Å². The van der Waals surface area contributed by atoms with Gasteiger partial charge in [0, 0.05) is 11.1 Å². The molecule has 5 nitrogen and oxygen atoms in total. The SMILES string of the molecule is O=C(NCc1csc(=O)[nH]1)c1ccc(Cl)o1. The molecule has 0 saturated carbocycles. The summed E-state index contributed by atoms with van der Waals surface area (Å²) in [5, 5.41) is 4.40. The van der Waals surface area contributed by atoms with Gasteiger partial charge in [-0.1, -0.05) is 11.3 Å². The number of carbonyl (C=O) groups excluding carboxylic acids is 1. The highest BCUT2D eigenvalue weighted by atomic mass is 35.5. The van der Waals surface area contributed by atoms with Gasteiger partial charge in [0.05, 0.1) is 6.54 Å². The Labute approximate surface area is 99.0 Å². The number of carbonyl (C=O) groups is 1. The maximum atomic E-state index is 11.5. The van der Waals surface area contributed by atoms with E-state index < -0.39 is 0 Å². The molecule has 2 rings (SSSR count). The first-order chi connectivity index (χ1) is 7.65. The van der Waals surface area contributed by atoms with E-state index in [2.05, 4.69) is 10.3 Å². The molecule has 0 saturated heterocycles. The minimum absolute atomic E-state index is 0.141. The van der Waals surface area contributed by atoms with Gasteiger partial charge in [0.2, 0.25) is 0 Å². The van der Waals surface area contributed by atoms with Crippen molar-refractivity contribution in [1.29, 1.82) is 0 Å². The third-order valence-corrected chi connectivity index (χ3v) is 2.73. The number of nitrogens with one attached hydrogen (secondary N) is 2. The van der Waals surface area contributed by atoms with Gasteiger partial charge in [0.15, 0.2) is 11.0 Å². The quantitative estimate of drug-likeness (QED) is 0.878. The van der Waals surface area contributed by atoms with Gasteiger partial charge in [0.1, 0.15) is 0 Å². The van der Waals surface area contributed by atoms with Crippen LogP contribution in [-0.2, 0) is 6.54 Å². The Bertz CT molecular complexity index is 557. The fourth-order valence-electron chi connectivity index (χ4n) is 1.10. The lowest BCUT2D eigenvalue weighted by Gasteiger charge is -1.99. The molecule has 0 atom stereocenters. The first-order valence-corrected chi connectivity index (χ1v) is 5.61. The van der Waals surface area contributed by atoms with Crippen molar-refractivity contribution in [2.75, 3.05) is 0 Å². The second-order valence-electron chi connectivity index (χ2n) is 2.96. The maximum Gasteiger partial charge on any atom is 0.304 e. The number of hydrogen-bond donors (Lipinski definition) is 2. The van der Waals surface area contributed by atoms with Crippen molar-refractivity contribution in [3.05, 3.63) is 43.9 Å². The van der Waals surface area contributed by atoms with Crippen LogP contribution in [0.4, 0.5) is 0 Å². The van der Waals surface area contributed by atoms with Crippen LogP contribution >= 0.6 is 22.9 Å². The lowest BCUT2D eigenvalue weighted by molar-refractivity contribution is 0.0923. The van der Waals surface area contributed by atoms with Crippen molar-refractivity contribution < 1.29 is 9.21 Å². The van der Waals surface area contributed by atoms with Crippen LogP contribution in [0, 0.1) is 0 Å². The zero-order chi connectivity index (χ0) is 11.5. The molecule has 7 heteroatoms. The van der Waals surface area contributed by atoms with Crippen LogP contribution in [0.25, 0.3) is 0 Å². The summed E-state index contributed by atoms with van der Waals surface area (Å²) in [6.45, 7) is 0.246. The van der Waals surface area contributed by atoms with Gasteiger partial charge in [-0.3, -0.25) is 9.59 Å². The molecule has 0 aromatic carbocycles. The van der Waals surface area contributed by atoms with Crippen molar-refractivity contribution in [3.63, 3.8) is 0 Å². The van der Waals surface area contributed by atoms with Crippen molar-refractivity contribution >= 4 is 28.8 Å². The molecule has 0 fully saturated rings. The lowest BCUT2D eigenvalue weighted by Crippen LogP contribution is -2.22. The van der Waals surface area contributed by atoms with Gasteiger partial charge in [-0.05, 0) is 23.7 Å². The fraction of sp³-hybridized carbons (Fsp3) is 0.111. The van der Waals surface area contributed by atoms with E-state index in [0.717, 1.165) is 11.3 Å². The highest BCUT2D eigenvalue weighted by molar-refractivity contribution is 7.07. The second kappa shape index (κ2) is 4.54. The number of halogens is 1. The number of H-pyrrole nitrogens is 1. The number of furan rings is 1. The van der Waals surface area contributed by atoms with E-state index in [1.807, 2.05) is 0 Å². The molecule has 0 unspecified atom stereocenters. The summed E-state index contributed by atoms with van der Waals surface area (Å²) < 4.78 is 4.92. The standard InChI is InChI=1S/C9H7ClN2O3S/c10-7-2-1-6(15-7)8(13)11-3-5-4-16-9(14)12-5/h1-2,4H,3H2,(H,11,13)(H,12,14). The predicted octanol–water partition coefficient (Wildman–Crippen LogP) is 1.61. The Kier molecular flexibility index (Phi) is 3.12. The Morgan fingerprint density at radius 3 is 2.94 bits per heavy atom. The maximum absolute atomic E-state index is 11.5. The summed E-state index contributed by atoms with van der Waals surface area (Å²) in [6.07, 6.45) is 0. The molecule has 16 heavy (non-hydrogen) atoms. The van der Waals surface area contributed by atoms with Crippen molar-refractivity contribution in [2.45, 2.75) is 6.54 Å². The van der Waals surface area contributed by atoms with E-state index in [1.165, 1.54) is 12.1 Å². The number of rotatable bonds is 3. The van der Waals surface area contributed by atoms with E-state index in [0.29, 0.717) is 5.69 Å². The minimum atomic E-state index is -0.376. The number of hydrogen-bond acceptors (Lipinski definition) is 4. The predicted molar refractivity (Wildman–Crippen MR) is 59.8 cm³/mol. The molecular weight excluding hydrogens is 252 g/mol. The monoisotopic (exact) mass is 258 g/mol. The molecule has 0 aliphatic carbocycles. The van der Waals surface area contributed by atoms with Gasteiger partial charge in [-0.15, -0.1) is 0 Å². The molecule has 2 aromatic rings. The van der Waals surface area contributed by atoms with Gasteiger partial charge in [-0.2, -0.15) is 0 Å². The van der Waals surface area contributed by atoms with Gasteiger partial charge in [-0.25, -0.2) is 0 Å². The summed E-state index contributed by atoms with van der Waals surface area (Å²) in [7, 11) is 0. The summed E-state index contributed by atoms with van der Waals surface area (Å²) in [4.78, 5) is 24.7. The number of amides is 1. The largest absolute Gasteiger partial charge is 0.440 e. The topological polar surface area (TPSA) is 75.1 Å². The van der Waals surface area contributed by atoms with E-state index in [4.69, 9.17) is 16.0 Å². The van der Waals surface area contributed by atoms with E-state index in [-0.39, 0.29) is 28.3 Å². The zero-order valence-corrected chi connectivity index (χ0v) is 9.52. The molecule has 84 valence electrons. The van der Waals surface area contributed by atoms with Crippen LogP contribution in [0.2, 0.25) is 5.22 Å². The fourth-order valence-corrected chi connectivity index (χ4v) is 1.83. The van der Waals surface area contributed by atoms with Crippen LogP contribution in [0.5, 0.6) is 0 Å². The summed E-state index contributed by atoms with van der Waals surface area (Å²) in [5.74, 6) is -0.235. The summed E-state index contributed by atoms with van der Waals surface area (Å²) in [6, 6.07) is 2.97. The van der Waals surface area contributed by atoms with E-state index in [9.17, 15) is 9.59 Å². The van der Waals surface area contributed by atoms with Gasteiger partial charge >= 0.3 is 4.87 Å². The number of thiazole rings is 1. The normalized spacial score (nSPS) is 10.3. The Morgan fingerprint density at radius 1 is 1.56 bits per heavy atom. The number of aromatic amines is 1. The third kappa shape index (κ3) is 2.53. The molecule has 2 aromatic heterocycles. The molecule has 1 amide bonds. The summed E-state index contributed by atoms with van der Waals surface area (Å²) >= 11 is 6.58. The molecule has 0 aliphatic heterocycles. The molecule has 0 aliphatic rings. The molecule has 0 bridgehead atoms. The van der Waals surface area contributed by atoms with Crippen LogP contribution in [0.3, 0.4) is 0 Å².